The van der Waals surface area contributed by atoms with E-state index in [0.717, 1.165) is 25.9 Å². The van der Waals surface area contributed by atoms with E-state index in [2.05, 4.69) is 15.4 Å². The van der Waals surface area contributed by atoms with Gasteiger partial charge in [0.2, 0.25) is 5.91 Å². The molecular formula is C13H16F2N2O2. The quantitative estimate of drug-likeness (QED) is 0.882. The van der Waals surface area contributed by atoms with Gasteiger partial charge >= 0.3 is 6.61 Å². The summed E-state index contributed by atoms with van der Waals surface area (Å²) in [6.45, 7) is -1.21. The van der Waals surface area contributed by atoms with Gasteiger partial charge in [-0.15, -0.1) is 0 Å². The van der Waals surface area contributed by atoms with Crippen LogP contribution >= 0.6 is 0 Å². The molecule has 0 unspecified atom stereocenters. The molecule has 19 heavy (non-hydrogen) atoms. The average molecular weight is 270 g/mol. The Bertz CT molecular complexity index is 434. The highest BCUT2D eigenvalue weighted by molar-refractivity contribution is 5.92. The number of nitrogens with one attached hydrogen (secondary N) is 2. The Hall–Kier alpha value is -1.69. The predicted molar refractivity (Wildman–Crippen MR) is 67.3 cm³/mol. The van der Waals surface area contributed by atoms with Gasteiger partial charge in [0.15, 0.2) is 0 Å². The lowest BCUT2D eigenvalue weighted by molar-refractivity contribution is -0.120. The summed E-state index contributed by atoms with van der Waals surface area (Å²) in [5.41, 5.74) is 0.474. The minimum Gasteiger partial charge on any atom is -0.435 e. The number of carbonyl (C=O) groups is 1. The minimum atomic E-state index is -2.87. The van der Waals surface area contributed by atoms with Gasteiger partial charge in [-0.2, -0.15) is 8.78 Å². The van der Waals surface area contributed by atoms with Gasteiger partial charge in [0.1, 0.15) is 5.75 Å². The third-order valence-electron chi connectivity index (χ3n) is 3.04. The molecule has 0 aliphatic carbocycles. The number of halogens is 2. The monoisotopic (exact) mass is 270 g/mol. The molecule has 1 heterocycles. The Morgan fingerprint density at radius 3 is 2.79 bits per heavy atom. The maximum atomic E-state index is 12.1. The number of amides is 1. The molecule has 0 saturated carbocycles. The van der Waals surface area contributed by atoms with Crippen LogP contribution in [0.5, 0.6) is 5.75 Å². The second-order valence-corrected chi connectivity index (χ2v) is 4.42. The van der Waals surface area contributed by atoms with Gasteiger partial charge in [-0.25, -0.2) is 0 Å². The van der Waals surface area contributed by atoms with Crippen molar-refractivity contribution >= 4 is 11.6 Å². The van der Waals surface area contributed by atoms with E-state index in [4.69, 9.17) is 0 Å². The smallest absolute Gasteiger partial charge is 0.387 e. The summed E-state index contributed by atoms with van der Waals surface area (Å²) in [4.78, 5) is 12.0. The first kappa shape index (κ1) is 13.7. The van der Waals surface area contributed by atoms with Crippen LogP contribution < -0.4 is 15.4 Å². The largest absolute Gasteiger partial charge is 0.435 e. The van der Waals surface area contributed by atoms with E-state index in [1.165, 1.54) is 12.1 Å². The second-order valence-electron chi connectivity index (χ2n) is 4.42. The van der Waals surface area contributed by atoms with Crippen molar-refractivity contribution in [1.82, 2.24) is 5.32 Å². The molecule has 1 aliphatic rings. The fourth-order valence-corrected chi connectivity index (χ4v) is 2.08. The van der Waals surface area contributed by atoms with Crippen molar-refractivity contribution in [3.8, 4) is 5.75 Å². The highest BCUT2D eigenvalue weighted by atomic mass is 19.3. The molecule has 1 aromatic carbocycles. The Balaban J connectivity index is 1.96. The molecule has 2 rings (SSSR count). The van der Waals surface area contributed by atoms with Gasteiger partial charge in [0, 0.05) is 17.7 Å². The summed E-state index contributed by atoms with van der Waals surface area (Å²) in [6.07, 6.45) is 1.58. The van der Waals surface area contributed by atoms with Crippen LogP contribution in [0, 0.1) is 5.92 Å². The number of hydrogen-bond donors (Lipinski definition) is 2. The van der Waals surface area contributed by atoms with E-state index in [-0.39, 0.29) is 17.6 Å². The van der Waals surface area contributed by atoms with Gasteiger partial charge in [-0.3, -0.25) is 4.79 Å². The number of ether oxygens (including phenoxy) is 1. The minimum absolute atomic E-state index is 0.0269. The van der Waals surface area contributed by atoms with Crippen molar-refractivity contribution in [3.63, 3.8) is 0 Å². The lowest BCUT2D eigenvalue weighted by Gasteiger charge is -2.21. The maximum absolute atomic E-state index is 12.1. The summed E-state index contributed by atoms with van der Waals surface area (Å²) >= 11 is 0. The van der Waals surface area contributed by atoms with Crippen molar-refractivity contribution in [2.75, 3.05) is 18.4 Å². The fraction of sp³-hybridized carbons (Fsp3) is 0.462. The lowest BCUT2D eigenvalue weighted by atomic mass is 9.97. The van der Waals surface area contributed by atoms with Crippen LogP contribution in [0.1, 0.15) is 12.8 Å². The molecule has 0 aromatic heterocycles. The molecule has 0 atom stereocenters. The second kappa shape index (κ2) is 6.47. The number of carbonyl (C=O) groups excluding carboxylic acids is 1. The molecule has 4 nitrogen and oxygen atoms in total. The van der Waals surface area contributed by atoms with E-state index in [9.17, 15) is 13.6 Å². The number of benzene rings is 1. The summed E-state index contributed by atoms with van der Waals surface area (Å²) in [5.74, 6) is -0.0604. The van der Waals surface area contributed by atoms with Gasteiger partial charge in [-0.05, 0) is 38.1 Å². The van der Waals surface area contributed by atoms with E-state index < -0.39 is 6.61 Å². The summed E-state index contributed by atoms with van der Waals surface area (Å²) in [5, 5.41) is 5.91. The van der Waals surface area contributed by atoms with Crippen LogP contribution in [0.25, 0.3) is 0 Å². The molecule has 104 valence electrons. The van der Waals surface area contributed by atoms with Gasteiger partial charge in [0.25, 0.3) is 0 Å². The van der Waals surface area contributed by atoms with E-state index in [0.29, 0.717) is 5.69 Å². The first-order chi connectivity index (χ1) is 9.15. The first-order valence-electron chi connectivity index (χ1n) is 6.21. The van der Waals surface area contributed by atoms with Crippen LogP contribution in [0.4, 0.5) is 14.5 Å². The maximum Gasteiger partial charge on any atom is 0.387 e. The van der Waals surface area contributed by atoms with E-state index >= 15 is 0 Å². The van der Waals surface area contributed by atoms with Crippen molar-refractivity contribution < 1.29 is 18.3 Å². The summed E-state index contributed by atoms with van der Waals surface area (Å²) < 4.78 is 28.5. The number of hydrogen-bond acceptors (Lipinski definition) is 3. The molecule has 1 aromatic rings. The van der Waals surface area contributed by atoms with Crippen molar-refractivity contribution in [3.05, 3.63) is 24.3 Å². The Morgan fingerprint density at radius 2 is 2.11 bits per heavy atom. The Labute approximate surface area is 110 Å². The van der Waals surface area contributed by atoms with Crippen LogP contribution in [-0.4, -0.2) is 25.6 Å². The number of anilines is 1. The van der Waals surface area contributed by atoms with Gasteiger partial charge < -0.3 is 15.4 Å². The zero-order chi connectivity index (χ0) is 13.7. The summed E-state index contributed by atoms with van der Waals surface area (Å²) in [7, 11) is 0. The normalized spacial score (nSPS) is 16.4. The van der Waals surface area contributed by atoms with Crippen LogP contribution in [0.15, 0.2) is 24.3 Å². The molecule has 0 radical (unpaired) electrons. The van der Waals surface area contributed by atoms with E-state index in [1.807, 2.05) is 0 Å². The third kappa shape index (κ3) is 4.17. The zero-order valence-corrected chi connectivity index (χ0v) is 10.4. The van der Waals surface area contributed by atoms with Crippen molar-refractivity contribution in [2.45, 2.75) is 19.5 Å². The predicted octanol–water partition coefficient (Wildman–Crippen LogP) is 2.23. The van der Waals surface area contributed by atoms with Gasteiger partial charge in [-0.1, -0.05) is 6.07 Å². The topological polar surface area (TPSA) is 50.4 Å². The Kier molecular flexibility index (Phi) is 4.68. The number of piperidine rings is 1. The van der Waals surface area contributed by atoms with Crippen LogP contribution in [0.3, 0.4) is 0 Å². The van der Waals surface area contributed by atoms with Crippen LogP contribution in [0.2, 0.25) is 0 Å². The molecular weight excluding hydrogens is 254 g/mol. The third-order valence-corrected chi connectivity index (χ3v) is 3.04. The average Bonchev–Trinajstić information content (AvgIpc) is 2.39. The zero-order valence-electron chi connectivity index (χ0n) is 10.4. The lowest BCUT2D eigenvalue weighted by Crippen LogP contribution is -2.34. The molecule has 1 amide bonds. The Morgan fingerprint density at radius 1 is 1.37 bits per heavy atom. The van der Waals surface area contributed by atoms with Crippen LogP contribution in [-0.2, 0) is 4.79 Å². The standard InChI is InChI=1S/C13H16F2N2O2/c14-13(15)19-11-3-1-2-10(8-11)17-12(18)9-4-6-16-7-5-9/h1-3,8-9,13,16H,4-7H2,(H,17,18). The molecule has 1 fully saturated rings. The molecule has 2 N–H and O–H groups in total. The highest BCUT2D eigenvalue weighted by Crippen LogP contribution is 2.21. The molecule has 0 spiro atoms. The summed E-state index contributed by atoms with van der Waals surface area (Å²) in [6, 6.07) is 6.03. The van der Waals surface area contributed by atoms with Gasteiger partial charge in [0.05, 0.1) is 0 Å². The number of rotatable bonds is 4. The van der Waals surface area contributed by atoms with Crippen molar-refractivity contribution in [1.29, 1.82) is 0 Å². The first-order valence-corrected chi connectivity index (χ1v) is 6.21. The van der Waals surface area contributed by atoms with E-state index in [1.54, 1.807) is 12.1 Å². The molecule has 0 bridgehead atoms. The molecule has 1 aliphatic heterocycles. The highest BCUT2D eigenvalue weighted by Gasteiger charge is 2.20. The molecule has 1 saturated heterocycles. The molecule has 6 heteroatoms. The van der Waals surface area contributed by atoms with Crippen molar-refractivity contribution in [2.24, 2.45) is 5.92 Å². The fourth-order valence-electron chi connectivity index (χ4n) is 2.08. The SMILES string of the molecule is O=C(Nc1cccc(OC(F)F)c1)C1CCNCC1. The number of alkyl halides is 2.